The summed E-state index contributed by atoms with van der Waals surface area (Å²) in [6, 6.07) is 0. The Hall–Kier alpha value is -0.570. The molecule has 0 unspecified atom stereocenters. The molecule has 0 aliphatic rings. The van der Waals surface area contributed by atoms with Crippen LogP contribution in [0.2, 0.25) is 0 Å². The Kier molecular flexibility index (Phi) is 15.1. The van der Waals surface area contributed by atoms with Gasteiger partial charge in [0.05, 0.1) is 0 Å². The second-order valence-corrected chi connectivity index (χ2v) is 3.47. The van der Waals surface area contributed by atoms with E-state index in [4.69, 9.17) is 5.11 Å². The number of aliphatic carboxylic acids is 1. The fourth-order valence-corrected chi connectivity index (χ4v) is 1.20. The van der Waals surface area contributed by atoms with Crippen LogP contribution in [-0.4, -0.2) is 35.6 Å². The van der Waals surface area contributed by atoms with Crippen molar-refractivity contribution < 1.29 is 9.90 Å². The third kappa shape index (κ3) is 16.1. The average molecular weight is 217 g/mol. The molecule has 0 heterocycles. The predicted octanol–water partition coefficient (Wildman–Crippen LogP) is 3.00. The molecule has 0 aliphatic heterocycles. The van der Waals surface area contributed by atoms with Gasteiger partial charge in [-0.1, -0.05) is 40.5 Å². The number of hydrogen-bond donors (Lipinski definition) is 1. The lowest BCUT2D eigenvalue weighted by Gasteiger charge is -2.13. The normalized spacial score (nSPS) is 9.67. The minimum Gasteiger partial charge on any atom is -0.481 e. The van der Waals surface area contributed by atoms with E-state index in [2.05, 4.69) is 32.6 Å². The highest BCUT2D eigenvalue weighted by atomic mass is 16.4. The molecular formula is C12H27NO2. The molecule has 0 aromatic carbocycles. The van der Waals surface area contributed by atoms with E-state index >= 15 is 0 Å². The minimum absolute atomic E-state index is 0.327. The lowest BCUT2D eigenvalue weighted by Crippen LogP contribution is -2.21. The first-order valence-corrected chi connectivity index (χ1v) is 6.06. The largest absolute Gasteiger partial charge is 0.481 e. The van der Waals surface area contributed by atoms with Crippen molar-refractivity contribution in [3.63, 3.8) is 0 Å². The van der Waals surface area contributed by atoms with Gasteiger partial charge < -0.3 is 10.0 Å². The molecule has 0 spiro atoms. The van der Waals surface area contributed by atoms with Crippen LogP contribution < -0.4 is 0 Å². The number of carboxylic acid groups (broad SMARTS) is 1. The summed E-state index contributed by atoms with van der Waals surface area (Å²) >= 11 is 0. The Morgan fingerprint density at radius 3 is 1.67 bits per heavy atom. The summed E-state index contributed by atoms with van der Waals surface area (Å²) in [7, 11) is 0. The van der Waals surface area contributed by atoms with Crippen molar-refractivity contribution in [2.45, 2.75) is 53.4 Å². The molecular weight excluding hydrogens is 190 g/mol. The van der Waals surface area contributed by atoms with Gasteiger partial charge in [0.25, 0.3) is 0 Å². The fraction of sp³-hybridized carbons (Fsp3) is 0.917. The Labute approximate surface area is 94.5 Å². The van der Waals surface area contributed by atoms with Crippen molar-refractivity contribution in [2.24, 2.45) is 0 Å². The Balaban J connectivity index is 0. The van der Waals surface area contributed by atoms with Gasteiger partial charge in [0.2, 0.25) is 0 Å². The van der Waals surface area contributed by atoms with Gasteiger partial charge in [-0.25, -0.2) is 0 Å². The van der Waals surface area contributed by atoms with Crippen molar-refractivity contribution in [1.82, 2.24) is 4.90 Å². The monoisotopic (exact) mass is 217 g/mol. The number of carboxylic acids is 1. The summed E-state index contributed by atoms with van der Waals surface area (Å²) in [6.45, 7) is 12.2. The molecule has 0 bridgehead atoms. The maximum Gasteiger partial charge on any atom is 0.303 e. The first-order chi connectivity index (χ1) is 7.12. The van der Waals surface area contributed by atoms with Crippen molar-refractivity contribution >= 4 is 5.97 Å². The summed E-state index contributed by atoms with van der Waals surface area (Å²) < 4.78 is 0. The quantitative estimate of drug-likeness (QED) is 0.666. The molecule has 15 heavy (non-hydrogen) atoms. The third-order valence-corrected chi connectivity index (χ3v) is 2.34. The molecule has 0 amide bonds. The molecule has 0 saturated heterocycles. The van der Waals surface area contributed by atoms with Gasteiger partial charge in [0.1, 0.15) is 0 Å². The number of hydrogen-bond acceptors (Lipinski definition) is 2. The summed E-state index contributed by atoms with van der Waals surface area (Å²) in [5.74, 6) is -0.682. The molecule has 1 N–H and O–H groups in total. The van der Waals surface area contributed by atoms with Crippen LogP contribution in [0.3, 0.4) is 0 Å². The molecule has 92 valence electrons. The van der Waals surface area contributed by atoms with Crippen LogP contribution in [0.4, 0.5) is 0 Å². The highest BCUT2D eigenvalue weighted by Crippen LogP contribution is 1.97. The zero-order chi connectivity index (χ0) is 12.1. The van der Waals surface area contributed by atoms with Crippen molar-refractivity contribution in [2.75, 3.05) is 19.6 Å². The maximum atomic E-state index is 9.87. The van der Waals surface area contributed by atoms with Gasteiger partial charge in [-0.3, -0.25) is 4.79 Å². The summed E-state index contributed by atoms with van der Waals surface area (Å²) in [6.07, 6.45) is 3.28. The van der Waals surface area contributed by atoms with Crippen LogP contribution in [0.1, 0.15) is 53.4 Å². The Morgan fingerprint density at radius 2 is 1.47 bits per heavy atom. The number of rotatable bonds is 7. The molecule has 0 aromatic rings. The molecule has 0 aromatic heterocycles. The Morgan fingerprint density at radius 1 is 1.00 bits per heavy atom. The Bertz CT molecular complexity index is 128. The van der Waals surface area contributed by atoms with E-state index in [0.29, 0.717) is 6.42 Å². The SMILES string of the molecule is CCCCCC(=O)O.CCN(CC)CC. The topological polar surface area (TPSA) is 40.5 Å². The first kappa shape index (κ1) is 16.8. The standard InChI is InChI=1S/C6H15N.C6H12O2/c1-4-7(5-2)6-3;1-2-3-4-5-6(7)8/h4-6H2,1-3H3;2-5H2,1H3,(H,7,8). The van der Waals surface area contributed by atoms with E-state index in [1.807, 2.05) is 0 Å². The zero-order valence-corrected chi connectivity index (χ0v) is 10.8. The van der Waals surface area contributed by atoms with Crippen LogP contribution in [0.25, 0.3) is 0 Å². The minimum atomic E-state index is -0.682. The molecule has 0 fully saturated rings. The predicted molar refractivity (Wildman–Crippen MR) is 65.2 cm³/mol. The summed E-state index contributed by atoms with van der Waals surface area (Å²) in [4.78, 5) is 12.2. The van der Waals surface area contributed by atoms with Crippen LogP contribution in [0.15, 0.2) is 0 Å². The van der Waals surface area contributed by atoms with Gasteiger partial charge in [-0.2, -0.15) is 0 Å². The number of unbranched alkanes of at least 4 members (excludes halogenated alkanes) is 2. The molecule has 0 saturated carbocycles. The van der Waals surface area contributed by atoms with E-state index in [9.17, 15) is 4.79 Å². The average Bonchev–Trinajstić information content (AvgIpc) is 2.21. The highest BCUT2D eigenvalue weighted by molar-refractivity contribution is 5.66. The molecule has 3 nitrogen and oxygen atoms in total. The van der Waals surface area contributed by atoms with Gasteiger partial charge >= 0.3 is 5.97 Å². The number of carbonyl (C=O) groups is 1. The van der Waals surface area contributed by atoms with E-state index in [-0.39, 0.29) is 0 Å². The second kappa shape index (κ2) is 13.4. The highest BCUT2D eigenvalue weighted by Gasteiger charge is 1.92. The zero-order valence-electron chi connectivity index (χ0n) is 10.8. The third-order valence-electron chi connectivity index (χ3n) is 2.34. The van der Waals surface area contributed by atoms with Crippen molar-refractivity contribution in [3.8, 4) is 0 Å². The second-order valence-electron chi connectivity index (χ2n) is 3.47. The maximum absolute atomic E-state index is 9.87. The lowest BCUT2D eigenvalue weighted by atomic mass is 10.2. The van der Waals surface area contributed by atoms with Gasteiger partial charge in [-0.15, -0.1) is 0 Å². The van der Waals surface area contributed by atoms with E-state index in [1.54, 1.807) is 0 Å². The van der Waals surface area contributed by atoms with E-state index in [0.717, 1.165) is 19.3 Å². The van der Waals surface area contributed by atoms with Gasteiger partial charge in [-0.05, 0) is 26.1 Å². The van der Waals surface area contributed by atoms with Crippen LogP contribution in [0.5, 0.6) is 0 Å². The molecule has 0 atom stereocenters. The van der Waals surface area contributed by atoms with Crippen LogP contribution in [-0.2, 0) is 4.79 Å². The molecule has 0 aliphatic carbocycles. The van der Waals surface area contributed by atoms with Crippen LogP contribution in [0, 0.1) is 0 Å². The van der Waals surface area contributed by atoms with Crippen LogP contribution >= 0.6 is 0 Å². The van der Waals surface area contributed by atoms with Gasteiger partial charge in [0, 0.05) is 6.42 Å². The van der Waals surface area contributed by atoms with Gasteiger partial charge in [0.15, 0.2) is 0 Å². The molecule has 0 rings (SSSR count). The molecule has 0 radical (unpaired) electrons. The smallest absolute Gasteiger partial charge is 0.303 e. The number of nitrogens with zero attached hydrogens (tertiary/aromatic N) is 1. The first-order valence-electron chi connectivity index (χ1n) is 6.06. The van der Waals surface area contributed by atoms with Crippen molar-refractivity contribution in [3.05, 3.63) is 0 Å². The fourth-order valence-electron chi connectivity index (χ4n) is 1.20. The van der Waals surface area contributed by atoms with E-state index in [1.165, 1.54) is 19.6 Å². The summed E-state index contributed by atoms with van der Waals surface area (Å²) in [5, 5.41) is 8.14. The van der Waals surface area contributed by atoms with E-state index < -0.39 is 5.97 Å². The molecule has 3 heteroatoms. The van der Waals surface area contributed by atoms with Crippen molar-refractivity contribution in [1.29, 1.82) is 0 Å². The lowest BCUT2D eigenvalue weighted by molar-refractivity contribution is -0.137. The summed E-state index contributed by atoms with van der Waals surface area (Å²) in [5.41, 5.74) is 0.